The van der Waals surface area contributed by atoms with E-state index in [1.807, 2.05) is 14.0 Å². The molecule has 0 fully saturated rings. The minimum absolute atomic E-state index is 0. The summed E-state index contributed by atoms with van der Waals surface area (Å²) in [5.74, 6) is 1.27. The van der Waals surface area contributed by atoms with E-state index in [2.05, 4.69) is 22.1 Å². The van der Waals surface area contributed by atoms with E-state index in [1.54, 1.807) is 19.2 Å². The Morgan fingerprint density at radius 3 is 2.55 bits per heavy atom. The van der Waals surface area contributed by atoms with Crippen molar-refractivity contribution < 1.29 is 9.13 Å². The van der Waals surface area contributed by atoms with Gasteiger partial charge in [-0.1, -0.05) is 13.3 Å². The van der Waals surface area contributed by atoms with E-state index in [9.17, 15) is 4.39 Å². The topological polar surface area (TPSA) is 36.9 Å². The normalized spacial score (nSPS) is 12.3. The molecule has 0 saturated heterocycles. The molecule has 1 atom stereocenters. The second-order valence-electron chi connectivity index (χ2n) is 5.09. The number of rotatable bonds is 7. The molecule has 1 rings (SSSR count). The van der Waals surface area contributed by atoms with Gasteiger partial charge in [-0.15, -0.1) is 24.0 Å². The third-order valence-electron chi connectivity index (χ3n) is 3.12. The molecule has 126 valence electrons. The fourth-order valence-electron chi connectivity index (χ4n) is 1.91. The van der Waals surface area contributed by atoms with Gasteiger partial charge in [0.2, 0.25) is 0 Å². The molecule has 22 heavy (non-hydrogen) atoms. The third kappa shape index (κ3) is 7.82. The second-order valence-corrected chi connectivity index (χ2v) is 5.09. The molecule has 0 aliphatic carbocycles. The maximum Gasteiger partial charge on any atom is 0.193 e. The third-order valence-corrected chi connectivity index (χ3v) is 3.12. The van der Waals surface area contributed by atoms with Crippen LogP contribution in [0.25, 0.3) is 0 Å². The molecule has 0 aliphatic heterocycles. The summed E-state index contributed by atoms with van der Waals surface area (Å²) < 4.78 is 18.5. The highest BCUT2D eigenvalue weighted by atomic mass is 127. The summed E-state index contributed by atoms with van der Waals surface area (Å²) in [6.07, 6.45) is 2.26. The zero-order valence-corrected chi connectivity index (χ0v) is 16.1. The molecule has 1 N–H and O–H groups in total. The molecule has 6 heteroatoms. The fourth-order valence-corrected chi connectivity index (χ4v) is 1.91. The fraction of sp³-hybridized carbons (Fsp3) is 0.562. The van der Waals surface area contributed by atoms with Crippen LogP contribution in [-0.4, -0.2) is 44.1 Å². The molecule has 0 heterocycles. The van der Waals surface area contributed by atoms with Crippen LogP contribution in [0, 0.1) is 5.82 Å². The average molecular weight is 423 g/mol. The van der Waals surface area contributed by atoms with Gasteiger partial charge in [0, 0.05) is 20.6 Å². The quantitative estimate of drug-likeness (QED) is 0.414. The summed E-state index contributed by atoms with van der Waals surface area (Å²) in [5, 5.41) is 3.29. The Bertz CT molecular complexity index is 440. The Kier molecular flexibility index (Phi) is 11.0. The van der Waals surface area contributed by atoms with Crippen molar-refractivity contribution in [2.45, 2.75) is 32.8 Å². The number of halogens is 2. The number of aliphatic imine (C=N–C) groups is 1. The standard InChI is InChI=1S/C16H26FN3O.HI/c1-5-6-11-20(4)16(18-3)19-12-13(2)21-15-9-7-14(17)8-10-15;/h7-10,13H,5-6,11-12H2,1-4H3,(H,18,19);1H. The van der Waals surface area contributed by atoms with E-state index < -0.39 is 0 Å². The van der Waals surface area contributed by atoms with Crippen LogP contribution >= 0.6 is 24.0 Å². The number of hydrogen-bond acceptors (Lipinski definition) is 2. The summed E-state index contributed by atoms with van der Waals surface area (Å²) in [7, 11) is 3.80. The lowest BCUT2D eigenvalue weighted by Crippen LogP contribution is -2.43. The molecule has 1 aromatic carbocycles. The zero-order valence-electron chi connectivity index (χ0n) is 13.8. The molecule has 0 aromatic heterocycles. The SMILES string of the molecule is CCCCN(C)C(=NC)NCC(C)Oc1ccc(F)cc1.I. The van der Waals surface area contributed by atoms with Crippen molar-refractivity contribution in [3.05, 3.63) is 30.1 Å². The number of unbranched alkanes of at least 4 members (excludes halogenated alkanes) is 1. The molecule has 0 saturated carbocycles. The zero-order chi connectivity index (χ0) is 15.7. The Hall–Kier alpha value is -1.05. The van der Waals surface area contributed by atoms with Gasteiger partial charge in [-0.2, -0.15) is 0 Å². The van der Waals surface area contributed by atoms with E-state index in [-0.39, 0.29) is 35.9 Å². The minimum Gasteiger partial charge on any atom is -0.489 e. The highest BCUT2D eigenvalue weighted by Crippen LogP contribution is 2.12. The van der Waals surface area contributed by atoms with E-state index in [0.717, 1.165) is 25.3 Å². The minimum atomic E-state index is -0.258. The van der Waals surface area contributed by atoms with Crippen LogP contribution in [0.2, 0.25) is 0 Å². The van der Waals surface area contributed by atoms with Crippen LogP contribution in [0.3, 0.4) is 0 Å². The molecular formula is C16H27FIN3O. The highest BCUT2D eigenvalue weighted by Gasteiger charge is 2.08. The van der Waals surface area contributed by atoms with Crippen molar-refractivity contribution in [3.63, 3.8) is 0 Å². The number of benzene rings is 1. The summed E-state index contributed by atoms with van der Waals surface area (Å²) in [6.45, 7) is 5.75. The Morgan fingerprint density at radius 2 is 2.00 bits per heavy atom. The van der Waals surface area contributed by atoms with Gasteiger partial charge in [-0.05, 0) is 37.6 Å². The summed E-state index contributed by atoms with van der Waals surface area (Å²) in [6, 6.07) is 6.06. The van der Waals surface area contributed by atoms with Gasteiger partial charge in [-0.3, -0.25) is 4.99 Å². The lowest BCUT2D eigenvalue weighted by Gasteiger charge is -2.23. The molecule has 4 nitrogen and oxygen atoms in total. The number of ether oxygens (including phenoxy) is 1. The number of nitrogens with one attached hydrogen (secondary N) is 1. The van der Waals surface area contributed by atoms with E-state index in [1.165, 1.54) is 12.1 Å². The number of guanidine groups is 1. The summed E-state index contributed by atoms with van der Waals surface area (Å²) in [4.78, 5) is 6.36. The first-order valence-corrected chi connectivity index (χ1v) is 7.40. The predicted octanol–water partition coefficient (Wildman–Crippen LogP) is 3.52. The predicted molar refractivity (Wildman–Crippen MR) is 101 cm³/mol. The van der Waals surface area contributed by atoms with Gasteiger partial charge in [-0.25, -0.2) is 4.39 Å². The Balaban J connectivity index is 0.00000441. The summed E-state index contributed by atoms with van der Waals surface area (Å²) in [5.41, 5.74) is 0. The molecule has 0 radical (unpaired) electrons. The first kappa shape index (κ1) is 20.9. The van der Waals surface area contributed by atoms with Crippen molar-refractivity contribution in [1.82, 2.24) is 10.2 Å². The largest absolute Gasteiger partial charge is 0.489 e. The van der Waals surface area contributed by atoms with Crippen molar-refractivity contribution in [1.29, 1.82) is 0 Å². The van der Waals surface area contributed by atoms with Gasteiger partial charge in [0.1, 0.15) is 17.7 Å². The van der Waals surface area contributed by atoms with Gasteiger partial charge >= 0.3 is 0 Å². The van der Waals surface area contributed by atoms with E-state index in [4.69, 9.17) is 4.74 Å². The summed E-state index contributed by atoms with van der Waals surface area (Å²) >= 11 is 0. The van der Waals surface area contributed by atoms with Gasteiger partial charge in [0.05, 0.1) is 6.54 Å². The first-order valence-electron chi connectivity index (χ1n) is 7.40. The van der Waals surface area contributed by atoms with Crippen LogP contribution in [0.4, 0.5) is 4.39 Å². The molecule has 0 aliphatic rings. The Morgan fingerprint density at radius 1 is 1.36 bits per heavy atom. The molecular weight excluding hydrogens is 396 g/mol. The lowest BCUT2D eigenvalue weighted by molar-refractivity contribution is 0.222. The average Bonchev–Trinajstić information content (AvgIpc) is 2.48. The smallest absolute Gasteiger partial charge is 0.193 e. The lowest BCUT2D eigenvalue weighted by atomic mass is 10.3. The van der Waals surface area contributed by atoms with E-state index >= 15 is 0 Å². The molecule has 0 amide bonds. The van der Waals surface area contributed by atoms with E-state index in [0.29, 0.717) is 12.3 Å². The van der Waals surface area contributed by atoms with Gasteiger partial charge in [0.25, 0.3) is 0 Å². The second kappa shape index (κ2) is 11.5. The van der Waals surface area contributed by atoms with Crippen LogP contribution in [0.15, 0.2) is 29.3 Å². The number of hydrogen-bond donors (Lipinski definition) is 1. The van der Waals surface area contributed by atoms with Crippen molar-refractivity contribution >= 4 is 29.9 Å². The van der Waals surface area contributed by atoms with Crippen LogP contribution in [0.5, 0.6) is 5.75 Å². The van der Waals surface area contributed by atoms with Crippen molar-refractivity contribution in [2.24, 2.45) is 4.99 Å². The monoisotopic (exact) mass is 423 g/mol. The van der Waals surface area contributed by atoms with Crippen molar-refractivity contribution in [3.8, 4) is 5.75 Å². The van der Waals surface area contributed by atoms with Crippen LogP contribution in [0.1, 0.15) is 26.7 Å². The molecule has 0 bridgehead atoms. The van der Waals surface area contributed by atoms with Crippen LogP contribution < -0.4 is 10.1 Å². The van der Waals surface area contributed by atoms with Crippen LogP contribution in [-0.2, 0) is 0 Å². The van der Waals surface area contributed by atoms with Gasteiger partial charge in [0.15, 0.2) is 5.96 Å². The Labute approximate surface area is 150 Å². The first-order chi connectivity index (χ1) is 10.1. The maximum atomic E-state index is 12.8. The number of nitrogens with zero attached hydrogens (tertiary/aromatic N) is 2. The van der Waals surface area contributed by atoms with Gasteiger partial charge < -0.3 is 15.0 Å². The highest BCUT2D eigenvalue weighted by molar-refractivity contribution is 14.0. The maximum absolute atomic E-state index is 12.8. The molecule has 1 aromatic rings. The van der Waals surface area contributed by atoms with Crippen molar-refractivity contribution in [2.75, 3.05) is 27.2 Å². The molecule has 0 spiro atoms. The molecule has 1 unspecified atom stereocenters.